The van der Waals surface area contributed by atoms with Crippen molar-refractivity contribution in [1.82, 2.24) is 9.97 Å². The van der Waals surface area contributed by atoms with Gasteiger partial charge in [0.25, 0.3) is 0 Å². The summed E-state index contributed by atoms with van der Waals surface area (Å²) < 4.78 is 55.9. The summed E-state index contributed by atoms with van der Waals surface area (Å²) in [6.07, 6.45) is -3.96. The summed E-state index contributed by atoms with van der Waals surface area (Å²) in [7, 11) is 0. The molecule has 0 aliphatic heterocycles. The Morgan fingerprint density at radius 1 is 1.19 bits per heavy atom. The number of nitrogens with zero attached hydrogens (tertiary/aromatic N) is 2. The van der Waals surface area contributed by atoms with E-state index in [1.807, 2.05) is 0 Å². The molecule has 0 atom stereocenters. The fourth-order valence-electron chi connectivity index (χ4n) is 1.53. The SMILES string of the molecule is CCOc1nc(Nc2ccc(F)cc2)ncc1C(F)(F)F. The van der Waals surface area contributed by atoms with Crippen LogP contribution in [0.3, 0.4) is 0 Å². The molecule has 0 spiro atoms. The zero-order valence-corrected chi connectivity index (χ0v) is 10.9. The Hall–Kier alpha value is -2.38. The standard InChI is InChI=1S/C13H11F4N3O/c1-2-21-11-10(13(15,16)17)7-18-12(20-11)19-9-5-3-8(14)4-6-9/h3-7H,2H2,1H3,(H,18,19,20). The molecule has 21 heavy (non-hydrogen) atoms. The Bertz CT molecular complexity index is 614. The molecule has 0 aliphatic rings. The van der Waals surface area contributed by atoms with Crippen molar-refractivity contribution in [3.63, 3.8) is 0 Å². The lowest BCUT2D eigenvalue weighted by molar-refractivity contribution is -0.139. The van der Waals surface area contributed by atoms with E-state index < -0.39 is 23.4 Å². The lowest BCUT2D eigenvalue weighted by Gasteiger charge is -2.13. The molecule has 0 radical (unpaired) electrons. The summed E-state index contributed by atoms with van der Waals surface area (Å²) in [5.74, 6) is -1.05. The van der Waals surface area contributed by atoms with Crippen LogP contribution in [0.15, 0.2) is 30.5 Å². The Morgan fingerprint density at radius 3 is 2.43 bits per heavy atom. The maximum atomic E-state index is 12.8. The monoisotopic (exact) mass is 301 g/mol. The molecule has 0 saturated heterocycles. The fraction of sp³-hybridized carbons (Fsp3) is 0.231. The van der Waals surface area contributed by atoms with Gasteiger partial charge in [-0.1, -0.05) is 0 Å². The van der Waals surface area contributed by atoms with E-state index in [1.54, 1.807) is 6.92 Å². The van der Waals surface area contributed by atoms with Gasteiger partial charge in [0, 0.05) is 11.9 Å². The highest BCUT2D eigenvalue weighted by atomic mass is 19.4. The van der Waals surface area contributed by atoms with Crippen molar-refractivity contribution in [2.75, 3.05) is 11.9 Å². The Balaban J connectivity index is 2.29. The number of ether oxygens (including phenoxy) is 1. The molecular weight excluding hydrogens is 290 g/mol. The third-order valence-electron chi connectivity index (χ3n) is 2.44. The zero-order valence-electron chi connectivity index (χ0n) is 10.9. The molecule has 0 fully saturated rings. The van der Waals surface area contributed by atoms with Crippen LogP contribution in [0, 0.1) is 5.82 Å². The van der Waals surface area contributed by atoms with E-state index >= 15 is 0 Å². The average Bonchev–Trinajstić information content (AvgIpc) is 2.41. The van der Waals surface area contributed by atoms with Gasteiger partial charge in [-0.3, -0.25) is 0 Å². The summed E-state index contributed by atoms with van der Waals surface area (Å²) in [5.41, 5.74) is -0.604. The predicted molar refractivity (Wildman–Crippen MR) is 67.9 cm³/mol. The second kappa shape index (κ2) is 5.94. The third-order valence-corrected chi connectivity index (χ3v) is 2.44. The number of aromatic nitrogens is 2. The third kappa shape index (κ3) is 3.80. The van der Waals surface area contributed by atoms with Gasteiger partial charge in [0.2, 0.25) is 11.8 Å². The first kappa shape index (κ1) is 15.0. The largest absolute Gasteiger partial charge is 0.477 e. The molecule has 0 bridgehead atoms. The first-order chi connectivity index (χ1) is 9.90. The van der Waals surface area contributed by atoms with Gasteiger partial charge in [-0.15, -0.1) is 0 Å². The van der Waals surface area contributed by atoms with Crippen molar-refractivity contribution in [2.24, 2.45) is 0 Å². The summed E-state index contributed by atoms with van der Waals surface area (Å²) in [6, 6.07) is 5.24. The Kier molecular flexibility index (Phi) is 4.25. The molecule has 1 aromatic carbocycles. The van der Waals surface area contributed by atoms with Crippen molar-refractivity contribution in [3.8, 4) is 5.88 Å². The lowest BCUT2D eigenvalue weighted by atomic mass is 10.3. The minimum atomic E-state index is -4.60. The van der Waals surface area contributed by atoms with Crippen LogP contribution in [0.2, 0.25) is 0 Å². The second-order valence-electron chi connectivity index (χ2n) is 3.98. The summed E-state index contributed by atoms with van der Waals surface area (Å²) in [4.78, 5) is 7.28. The maximum Gasteiger partial charge on any atom is 0.423 e. The predicted octanol–water partition coefficient (Wildman–Crippen LogP) is 3.78. The van der Waals surface area contributed by atoms with Gasteiger partial charge in [0.1, 0.15) is 11.4 Å². The van der Waals surface area contributed by atoms with E-state index in [0.717, 1.165) is 0 Å². The molecule has 2 aromatic rings. The van der Waals surface area contributed by atoms with Crippen molar-refractivity contribution in [1.29, 1.82) is 0 Å². The average molecular weight is 301 g/mol. The molecular formula is C13H11F4N3O. The van der Waals surface area contributed by atoms with Gasteiger partial charge in [-0.05, 0) is 31.2 Å². The maximum absolute atomic E-state index is 12.8. The van der Waals surface area contributed by atoms with Crippen LogP contribution in [0.25, 0.3) is 0 Å². The van der Waals surface area contributed by atoms with Crippen LogP contribution >= 0.6 is 0 Å². The molecule has 0 aliphatic carbocycles. The molecule has 8 heteroatoms. The number of nitrogens with one attached hydrogen (secondary N) is 1. The van der Waals surface area contributed by atoms with Crippen molar-refractivity contribution in [2.45, 2.75) is 13.1 Å². The van der Waals surface area contributed by atoms with E-state index in [9.17, 15) is 17.6 Å². The highest BCUT2D eigenvalue weighted by Gasteiger charge is 2.36. The number of halogens is 4. The van der Waals surface area contributed by atoms with Crippen molar-refractivity contribution >= 4 is 11.6 Å². The van der Waals surface area contributed by atoms with E-state index in [0.29, 0.717) is 11.9 Å². The van der Waals surface area contributed by atoms with Crippen LogP contribution in [0.5, 0.6) is 5.88 Å². The Morgan fingerprint density at radius 2 is 1.86 bits per heavy atom. The second-order valence-corrected chi connectivity index (χ2v) is 3.98. The molecule has 112 valence electrons. The molecule has 0 saturated carbocycles. The quantitative estimate of drug-likeness (QED) is 0.873. The minimum Gasteiger partial charge on any atom is -0.477 e. The molecule has 4 nitrogen and oxygen atoms in total. The minimum absolute atomic E-state index is 0.0378. The molecule has 1 heterocycles. The first-order valence-corrected chi connectivity index (χ1v) is 5.99. The van der Waals surface area contributed by atoms with E-state index in [4.69, 9.17) is 4.74 Å². The molecule has 0 amide bonds. The summed E-state index contributed by atoms with van der Waals surface area (Å²) >= 11 is 0. The summed E-state index contributed by atoms with van der Waals surface area (Å²) in [6.45, 7) is 1.59. The highest BCUT2D eigenvalue weighted by molar-refractivity contribution is 5.53. The normalized spacial score (nSPS) is 11.3. The number of rotatable bonds is 4. The lowest BCUT2D eigenvalue weighted by Crippen LogP contribution is -2.12. The van der Waals surface area contributed by atoms with E-state index in [2.05, 4.69) is 15.3 Å². The van der Waals surface area contributed by atoms with Gasteiger partial charge in [0.05, 0.1) is 6.61 Å². The van der Waals surface area contributed by atoms with Crippen LogP contribution in [0.1, 0.15) is 12.5 Å². The number of benzene rings is 1. The molecule has 2 rings (SSSR count). The van der Waals surface area contributed by atoms with Crippen molar-refractivity contribution < 1.29 is 22.3 Å². The smallest absolute Gasteiger partial charge is 0.423 e. The van der Waals surface area contributed by atoms with Crippen LogP contribution in [-0.2, 0) is 6.18 Å². The molecule has 1 N–H and O–H groups in total. The number of anilines is 2. The van der Waals surface area contributed by atoms with Gasteiger partial charge >= 0.3 is 6.18 Å². The number of hydrogen-bond acceptors (Lipinski definition) is 4. The van der Waals surface area contributed by atoms with Gasteiger partial charge in [-0.25, -0.2) is 9.37 Å². The number of alkyl halides is 3. The van der Waals surface area contributed by atoms with Gasteiger partial charge < -0.3 is 10.1 Å². The van der Waals surface area contributed by atoms with Gasteiger partial charge in [-0.2, -0.15) is 18.2 Å². The Labute approximate surface area is 117 Å². The van der Waals surface area contributed by atoms with Crippen LogP contribution in [-0.4, -0.2) is 16.6 Å². The van der Waals surface area contributed by atoms with Gasteiger partial charge in [0.15, 0.2) is 0 Å². The van der Waals surface area contributed by atoms with E-state index in [-0.39, 0.29) is 12.6 Å². The fourth-order valence-corrected chi connectivity index (χ4v) is 1.53. The van der Waals surface area contributed by atoms with E-state index in [1.165, 1.54) is 24.3 Å². The summed E-state index contributed by atoms with van der Waals surface area (Å²) in [5, 5.41) is 2.67. The number of hydrogen-bond donors (Lipinski definition) is 1. The topological polar surface area (TPSA) is 47.0 Å². The van der Waals surface area contributed by atoms with Crippen LogP contribution in [0.4, 0.5) is 29.2 Å². The highest BCUT2D eigenvalue weighted by Crippen LogP contribution is 2.35. The van der Waals surface area contributed by atoms with Crippen LogP contribution < -0.4 is 10.1 Å². The molecule has 1 aromatic heterocycles. The zero-order chi connectivity index (χ0) is 15.5. The first-order valence-electron chi connectivity index (χ1n) is 5.99. The van der Waals surface area contributed by atoms with Crippen molar-refractivity contribution in [3.05, 3.63) is 41.8 Å². The molecule has 0 unspecified atom stereocenters.